The number of fused-ring (bicyclic) bond motifs is 1. The minimum Gasteiger partial charge on any atom is -0.424 e. The molecule has 0 spiro atoms. The van der Waals surface area contributed by atoms with Crippen LogP contribution in [0.3, 0.4) is 0 Å². The van der Waals surface area contributed by atoms with E-state index in [0.717, 1.165) is 22.6 Å². The maximum atomic E-state index is 12.9. The molecule has 3 heterocycles. The van der Waals surface area contributed by atoms with Gasteiger partial charge in [0.15, 0.2) is 0 Å². The van der Waals surface area contributed by atoms with E-state index in [0.29, 0.717) is 22.6 Å². The van der Waals surface area contributed by atoms with Gasteiger partial charge in [-0.15, -0.1) is 0 Å². The summed E-state index contributed by atoms with van der Waals surface area (Å²) in [6.07, 6.45) is 3.78. The number of benzene rings is 2. The Morgan fingerprint density at radius 2 is 1.67 bits per heavy atom. The van der Waals surface area contributed by atoms with Crippen LogP contribution in [-0.2, 0) is 0 Å². The molecule has 0 unspecified atom stereocenters. The highest BCUT2D eigenvalue weighted by molar-refractivity contribution is 6.04. The minimum atomic E-state index is -0.235. The average Bonchev–Trinajstić information content (AvgIpc) is 3.23. The largest absolute Gasteiger partial charge is 0.424 e. The van der Waals surface area contributed by atoms with Crippen molar-refractivity contribution in [2.75, 3.05) is 5.32 Å². The summed E-state index contributed by atoms with van der Waals surface area (Å²) in [6, 6.07) is 22.7. The molecule has 33 heavy (non-hydrogen) atoms. The monoisotopic (exact) mass is 435 g/mol. The van der Waals surface area contributed by atoms with Crippen molar-refractivity contribution in [3.63, 3.8) is 0 Å². The van der Waals surface area contributed by atoms with E-state index in [1.165, 1.54) is 0 Å². The molecule has 1 amide bonds. The molecule has 7 heteroatoms. The van der Waals surface area contributed by atoms with Gasteiger partial charge in [0.25, 0.3) is 5.91 Å². The van der Waals surface area contributed by atoms with Crippen molar-refractivity contribution in [1.29, 1.82) is 0 Å². The molecule has 0 aliphatic carbocycles. The summed E-state index contributed by atoms with van der Waals surface area (Å²) in [7, 11) is 0. The second kappa shape index (κ2) is 8.55. The van der Waals surface area contributed by atoms with Gasteiger partial charge in [-0.2, -0.15) is 0 Å². The highest BCUT2D eigenvalue weighted by Crippen LogP contribution is 2.23. The van der Waals surface area contributed by atoms with Gasteiger partial charge < -0.3 is 14.5 Å². The highest BCUT2D eigenvalue weighted by Gasteiger charge is 2.11. The lowest BCUT2D eigenvalue weighted by Gasteiger charge is -2.09. The van der Waals surface area contributed by atoms with Crippen molar-refractivity contribution in [2.24, 2.45) is 0 Å². The molecule has 7 nitrogen and oxygen atoms in total. The summed E-state index contributed by atoms with van der Waals surface area (Å²) >= 11 is 0. The number of anilines is 1. The highest BCUT2D eigenvalue weighted by atomic mass is 16.5. The number of ether oxygens (including phenoxy) is 1. The van der Waals surface area contributed by atoms with Gasteiger partial charge in [0.2, 0.25) is 0 Å². The Balaban J connectivity index is 1.34. The molecular formula is C26H21N5O2. The number of pyridine rings is 1. The van der Waals surface area contributed by atoms with Crippen LogP contribution in [0.2, 0.25) is 0 Å². The quantitative estimate of drug-likeness (QED) is 0.397. The minimum absolute atomic E-state index is 0.235. The number of amides is 1. The predicted molar refractivity (Wildman–Crippen MR) is 127 cm³/mol. The maximum absolute atomic E-state index is 12.9. The molecule has 162 valence electrons. The van der Waals surface area contributed by atoms with Crippen LogP contribution in [0.25, 0.3) is 16.9 Å². The lowest BCUT2D eigenvalue weighted by atomic mass is 10.2. The fraction of sp³-hybridized carbons (Fsp3) is 0.0769. The summed E-state index contributed by atoms with van der Waals surface area (Å²) in [5, 5.41) is 2.91. The van der Waals surface area contributed by atoms with Gasteiger partial charge in [-0.05, 0) is 44.2 Å². The zero-order valence-electron chi connectivity index (χ0n) is 18.2. The van der Waals surface area contributed by atoms with Crippen LogP contribution < -0.4 is 10.1 Å². The lowest BCUT2D eigenvalue weighted by molar-refractivity contribution is 0.102. The van der Waals surface area contributed by atoms with Crippen molar-refractivity contribution in [3.05, 3.63) is 102 Å². The van der Waals surface area contributed by atoms with E-state index in [4.69, 9.17) is 4.74 Å². The number of hydrogen-bond donors (Lipinski definition) is 1. The first-order valence-electron chi connectivity index (χ1n) is 10.5. The van der Waals surface area contributed by atoms with E-state index >= 15 is 0 Å². The number of nitrogens with zero attached hydrogens (tertiary/aromatic N) is 4. The molecule has 3 aromatic heterocycles. The Morgan fingerprint density at radius 1 is 0.879 bits per heavy atom. The van der Waals surface area contributed by atoms with Gasteiger partial charge >= 0.3 is 6.01 Å². The topological polar surface area (TPSA) is 81.4 Å². The average molecular weight is 435 g/mol. The number of aryl methyl sites for hydroxylation is 2. The SMILES string of the molecule is Cc1cc(C)nc(Oc2cccc(NC(=O)c3ccn4cc(-c5ccccc5)nc4c3)c2)n1. The molecule has 5 aromatic rings. The Hall–Kier alpha value is -4.52. The van der Waals surface area contributed by atoms with Crippen molar-refractivity contribution in [2.45, 2.75) is 13.8 Å². The van der Waals surface area contributed by atoms with Crippen LogP contribution in [0, 0.1) is 13.8 Å². The molecule has 5 rings (SSSR count). The first-order valence-corrected chi connectivity index (χ1v) is 10.5. The van der Waals surface area contributed by atoms with Gasteiger partial charge in [-0.1, -0.05) is 36.4 Å². The van der Waals surface area contributed by atoms with E-state index in [-0.39, 0.29) is 11.9 Å². The van der Waals surface area contributed by atoms with E-state index in [1.807, 2.05) is 67.0 Å². The molecule has 0 aliphatic heterocycles. The zero-order valence-corrected chi connectivity index (χ0v) is 18.2. The van der Waals surface area contributed by atoms with Crippen LogP contribution in [-0.4, -0.2) is 25.3 Å². The number of imidazole rings is 1. The Morgan fingerprint density at radius 3 is 2.45 bits per heavy atom. The zero-order chi connectivity index (χ0) is 22.8. The molecule has 0 saturated heterocycles. The summed E-state index contributed by atoms with van der Waals surface area (Å²) in [5.41, 5.74) is 5.35. The van der Waals surface area contributed by atoms with Crippen molar-refractivity contribution in [3.8, 4) is 23.0 Å². The first kappa shape index (κ1) is 20.4. The second-order valence-corrected chi connectivity index (χ2v) is 7.69. The summed E-state index contributed by atoms with van der Waals surface area (Å²) < 4.78 is 7.68. The first-order chi connectivity index (χ1) is 16.0. The molecule has 0 fully saturated rings. The van der Waals surface area contributed by atoms with E-state index < -0.39 is 0 Å². The van der Waals surface area contributed by atoms with Crippen LogP contribution in [0.1, 0.15) is 21.7 Å². The number of aromatic nitrogens is 4. The molecule has 0 atom stereocenters. The van der Waals surface area contributed by atoms with Crippen molar-refractivity contribution >= 4 is 17.2 Å². The molecule has 0 aliphatic rings. The molecule has 0 radical (unpaired) electrons. The summed E-state index contributed by atoms with van der Waals surface area (Å²) in [6.45, 7) is 3.77. The summed E-state index contributed by atoms with van der Waals surface area (Å²) in [5.74, 6) is 0.301. The van der Waals surface area contributed by atoms with Crippen LogP contribution in [0.15, 0.2) is 85.2 Å². The van der Waals surface area contributed by atoms with Crippen molar-refractivity contribution in [1.82, 2.24) is 19.4 Å². The van der Waals surface area contributed by atoms with Crippen molar-refractivity contribution < 1.29 is 9.53 Å². The number of rotatable bonds is 5. The molecule has 0 saturated carbocycles. The number of hydrogen-bond acceptors (Lipinski definition) is 5. The lowest BCUT2D eigenvalue weighted by Crippen LogP contribution is -2.12. The second-order valence-electron chi connectivity index (χ2n) is 7.69. The standard InChI is InChI=1S/C26H21N5O2/c1-17-13-18(2)28-26(27-17)33-22-10-6-9-21(15-22)29-25(32)20-11-12-31-16-23(30-24(31)14-20)19-7-4-3-5-8-19/h3-16H,1-2H3,(H,29,32). The smallest absolute Gasteiger partial charge is 0.322 e. The number of nitrogens with one attached hydrogen (secondary N) is 1. The Bertz CT molecular complexity index is 1440. The maximum Gasteiger partial charge on any atom is 0.322 e. The van der Waals surface area contributed by atoms with Gasteiger partial charge in [0.05, 0.1) is 5.69 Å². The normalized spacial score (nSPS) is 10.8. The molecule has 0 bridgehead atoms. The van der Waals surface area contributed by atoms with Crippen LogP contribution >= 0.6 is 0 Å². The molecular weight excluding hydrogens is 414 g/mol. The number of carbonyl (C=O) groups excluding carboxylic acids is 1. The summed E-state index contributed by atoms with van der Waals surface area (Å²) in [4.78, 5) is 26.1. The third-order valence-electron chi connectivity index (χ3n) is 5.05. The van der Waals surface area contributed by atoms with Crippen LogP contribution in [0.4, 0.5) is 5.69 Å². The number of carbonyl (C=O) groups is 1. The van der Waals surface area contributed by atoms with Gasteiger partial charge in [-0.3, -0.25) is 4.79 Å². The van der Waals surface area contributed by atoms with Gasteiger partial charge in [-0.25, -0.2) is 15.0 Å². The van der Waals surface area contributed by atoms with E-state index in [2.05, 4.69) is 20.3 Å². The van der Waals surface area contributed by atoms with E-state index in [9.17, 15) is 4.79 Å². The van der Waals surface area contributed by atoms with Gasteiger partial charge in [0, 0.05) is 46.7 Å². The Kier molecular flexibility index (Phi) is 5.28. The van der Waals surface area contributed by atoms with Crippen LogP contribution in [0.5, 0.6) is 11.8 Å². The Labute approximate surface area is 190 Å². The van der Waals surface area contributed by atoms with Gasteiger partial charge in [0.1, 0.15) is 11.4 Å². The fourth-order valence-electron chi connectivity index (χ4n) is 3.56. The predicted octanol–water partition coefficient (Wildman–Crippen LogP) is 5.45. The third kappa shape index (κ3) is 4.57. The van der Waals surface area contributed by atoms with E-state index in [1.54, 1.807) is 36.4 Å². The fourth-order valence-corrected chi connectivity index (χ4v) is 3.56. The molecule has 2 aromatic carbocycles. The third-order valence-corrected chi connectivity index (χ3v) is 5.05. The molecule has 1 N–H and O–H groups in total.